The Morgan fingerprint density at radius 2 is 1.92 bits per heavy atom. The molecular formula is C21H22FN3O. The van der Waals surface area contributed by atoms with E-state index in [1.807, 2.05) is 55.8 Å². The molecule has 4 nitrogen and oxygen atoms in total. The number of hydrogen-bond donors (Lipinski definition) is 1. The Labute approximate surface area is 152 Å². The van der Waals surface area contributed by atoms with E-state index in [0.29, 0.717) is 5.56 Å². The van der Waals surface area contributed by atoms with E-state index in [1.165, 1.54) is 12.1 Å². The van der Waals surface area contributed by atoms with Gasteiger partial charge in [-0.3, -0.25) is 4.79 Å². The minimum Gasteiger partial charge on any atom is -0.349 e. The van der Waals surface area contributed by atoms with Gasteiger partial charge in [-0.1, -0.05) is 24.3 Å². The minimum absolute atomic E-state index is 0.141. The number of halogens is 1. The summed E-state index contributed by atoms with van der Waals surface area (Å²) in [4.78, 5) is 12.4. The van der Waals surface area contributed by atoms with E-state index in [9.17, 15) is 9.18 Å². The van der Waals surface area contributed by atoms with Crippen LogP contribution in [0.1, 0.15) is 35.3 Å². The summed E-state index contributed by atoms with van der Waals surface area (Å²) in [6, 6.07) is 14.2. The van der Waals surface area contributed by atoms with Crippen LogP contribution in [0.4, 0.5) is 4.39 Å². The fraction of sp³-hybridized carbons (Fsp3) is 0.238. The SMILES string of the molecule is Cc1ccc(F)cc1CC(=O)N[C@@H](C)c1cnn(-c2ccccc2)c1C. The smallest absolute Gasteiger partial charge is 0.224 e. The van der Waals surface area contributed by atoms with Crippen LogP contribution < -0.4 is 5.32 Å². The molecule has 0 radical (unpaired) electrons. The third kappa shape index (κ3) is 3.82. The van der Waals surface area contributed by atoms with Crippen molar-refractivity contribution in [1.29, 1.82) is 0 Å². The Bertz CT molecular complexity index is 918. The molecule has 0 unspecified atom stereocenters. The minimum atomic E-state index is -0.327. The van der Waals surface area contributed by atoms with Gasteiger partial charge in [0.1, 0.15) is 5.82 Å². The summed E-state index contributed by atoms with van der Waals surface area (Å²) in [6.45, 7) is 5.78. The molecule has 0 aliphatic rings. The number of para-hydroxylation sites is 1. The third-order valence-corrected chi connectivity index (χ3v) is 4.55. The zero-order chi connectivity index (χ0) is 18.7. The van der Waals surface area contributed by atoms with Crippen LogP contribution in [-0.4, -0.2) is 15.7 Å². The lowest BCUT2D eigenvalue weighted by atomic mass is 10.0. The number of aryl methyl sites for hydroxylation is 1. The highest BCUT2D eigenvalue weighted by molar-refractivity contribution is 5.79. The van der Waals surface area contributed by atoms with Crippen molar-refractivity contribution in [1.82, 2.24) is 15.1 Å². The Kier molecular flexibility index (Phi) is 5.16. The zero-order valence-electron chi connectivity index (χ0n) is 15.2. The first kappa shape index (κ1) is 17.9. The number of rotatable bonds is 5. The monoisotopic (exact) mass is 351 g/mol. The van der Waals surface area contributed by atoms with Gasteiger partial charge in [-0.2, -0.15) is 5.10 Å². The Morgan fingerprint density at radius 3 is 2.65 bits per heavy atom. The second-order valence-electron chi connectivity index (χ2n) is 6.47. The molecule has 5 heteroatoms. The van der Waals surface area contributed by atoms with Gasteiger partial charge in [0.15, 0.2) is 0 Å². The first-order chi connectivity index (χ1) is 12.5. The first-order valence-electron chi connectivity index (χ1n) is 8.60. The van der Waals surface area contributed by atoms with Gasteiger partial charge >= 0.3 is 0 Å². The number of nitrogens with zero attached hydrogens (tertiary/aromatic N) is 2. The lowest BCUT2D eigenvalue weighted by molar-refractivity contribution is -0.121. The molecule has 0 aliphatic carbocycles. The number of carbonyl (C=O) groups is 1. The van der Waals surface area contributed by atoms with Crippen molar-refractivity contribution >= 4 is 5.91 Å². The van der Waals surface area contributed by atoms with E-state index < -0.39 is 0 Å². The van der Waals surface area contributed by atoms with E-state index in [1.54, 1.807) is 12.3 Å². The van der Waals surface area contributed by atoms with Gasteiger partial charge in [0.2, 0.25) is 5.91 Å². The molecular weight excluding hydrogens is 329 g/mol. The highest BCUT2D eigenvalue weighted by Crippen LogP contribution is 2.20. The van der Waals surface area contributed by atoms with Crippen LogP contribution >= 0.6 is 0 Å². The fourth-order valence-electron chi connectivity index (χ4n) is 3.05. The number of aromatic nitrogens is 2. The number of nitrogens with one attached hydrogen (secondary N) is 1. The molecule has 2 aromatic carbocycles. The van der Waals surface area contributed by atoms with E-state index in [-0.39, 0.29) is 24.2 Å². The predicted octanol–water partition coefficient (Wildman–Crippen LogP) is 4.05. The van der Waals surface area contributed by atoms with Crippen LogP contribution in [0, 0.1) is 19.7 Å². The van der Waals surface area contributed by atoms with Gasteiger partial charge in [0.05, 0.1) is 24.3 Å². The van der Waals surface area contributed by atoms with Crippen LogP contribution in [0.25, 0.3) is 5.69 Å². The molecule has 0 aliphatic heterocycles. The molecule has 26 heavy (non-hydrogen) atoms. The van der Waals surface area contributed by atoms with E-state index in [4.69, 9.17) is 0 Å². The normalized spacial score (nSPS) is 12.0. The second-order valence-corrected chi connectivity index (χ2v) is 6.47. The predicted molar refractivity (Wildman–Crippen MR) is 99.7 cm³/mol. The van der Waals surface area contributed by atoms with Crippen LogP contribution in [0.2, 0.25) is 0 Å². The first-order valence-corrected chi connectivity index (χ1v) is 8.60. The molecule has 1 aromatic heterocycles. The van der Waals surface area contributed by atoms with E-state index in [2.05, 4.69) is 10.4 Å². The second kappa shape index (κ2) is 7.52. The van der Waals surface area contributed by atoms with Crippen molar-refractivity contribution in [3.8, 4) is 5.69 Å². The summed E-state index contributed by atoms with van der Waals surface area (Å²) >= 11 is 0. The Balaban J connectivity index is 1.72. The van der Waals surface area contributed by atoms with E-state index >= 15 is 0 Å². The topological polar surface area (TPSA) is 46.9 Å². The maximum Gasteiger partial charge on any atom is 0.224 e. The molecule has 1 amide bonds. The Morgan fingerprint density at radius 1 is 1.19 bits per heavy atom. The molecule has 3 rings (SSSR count). The average molecular weight is 351 g/mol. The maximum atomic E-state index is 13.4. The van der Waals surface area contributed by atoms with Crippen LogP contribution in [0.3, 0.4) is 0 Å². The van der Waals surface area contributed by atoms with E-state index in [0.717, 1.165) is 22.5 Å². The van der Waals surface area contributed by atoms with Gasteiger partial charge in [-0.15, -0.1) is 0 Å². The van der Waals surface area contributed by atoms with Crippen molar-refractivity contribution in [3.63, 3.8) is 0 Å². The van der Waals surface area contributed by atoms with Gasteiger partial charge in [-0.05, 0) is 56.2 Å². The summed E-state index contributed by atoms with van der Waals surface area (Å²) in [5.74, 6) is -0.468. The van der Waals surface area contributed by atoms with Gasteiger partial charge in [0.25, 0.3) is 0 Å². The van der Waals surface area contributed by atoms with Crippen LogP contribution in [0.5, 0.6) is 0 Å². The van der Waals surface area contributed by atoms with Gasteiger partial charge < -0.3 is 5.32 Å². The molecule has 1 N–H and O–H groups in total. The van der Waals surface area contributed by atoms with Crippen molar-refractivity contribution in [3.05, 3.63) is 82.9 Å². The molecule has 3 aromatic rings. The molecule has 134 valence electrons. The molecule has 0 saturated carbocycles. The number of carbonyl (C=O) groups excluding carboxylic acids is 1. The van der Waals surface area contributed by atoms with Crippen molar-refractivity contribution in [2.45, 2.75) is 33.2 Å². The quantitative estimate of drug-likeness (QED) is 0.754. The van der Waals surface area contributed by atoms with Crippen molar-refractivity contribution < 1.29 is 9.18 Å². The summed E-state index contributed by atoms with van der Waals surface area (Å²) in [7, 11) is 0. The highest BCUT2D eigenvalue weighted by atomic mass is 19.1. The molecule has 1 heterocycles. The Hall–Kier alpha value is -2.95. The largest absolute Gasteiger partial charge is 0.349 e. The summed E-state index contributed by atoms with van der Waals surface area (Å²) in [5.41, 5.74) is 4.52. The summed E-state index contributed by atoms with van der Waals surface area (Å²) in [5, 5.41) is 7.42. The van der Waals surface area contributed by atoms with Gasteiger partial charge in [-0.25, -0.2) is 9.07 Å². The molecule has 1 atom stereocenters. The lowest BCUT2D eigenvalue weighted by Gasteiger charge is -2.15. The summed E-state index contributed by atoms with van der Waals surface area (Å²) in [6.07, 6.45) is 1.93. The highest BCUT2D eigenvalue weighted by Gasteiger charge is 2.17. The standard InChI is InChI=1S/C21H22FN3O/c1-14-9-10-18(22)11-17(14)12-21(26)24-15(2)20-13-23-25(16(20)3)19-7-5-4-6-8-19/h4-11,13,15H,12H2,1-3H3,(H,24,26)/t15-/m0/s1. The van der Waals surface area contributed by atoms with Crippen molar-refractivity contribution in [2.24, 2.45) is 0 Å². The number of benzene rings is 2. The molecule has 0 saturated heterocycles. The molecule has 0 fully saturated rings. The number of amides is 1. The fourth-order valence-corrected chi connectivity index (χ4v) is 3.05. The maximum absolute atomic E-state index is 13.4. The van der Waals surface area contributed by atoms with Gasteiger partial charge in [0, 0.05) is 11.3 Å². The van der Waals surface area contributed by atoms with Crippen molar-refractivity contribution in [2.75, 3.05) is 0 Å². The zero-order valence-corrected chi connectivity index (χ0v) is 15.2. The molecule has 0 spiro atoms. The van der Waals surface area contributed by atoms with Crippen LogP contribution in [0.15, 0.2) is 54.7 Å². The summed E-state index contributed by atoms with van der Waals surface area (Å²) < 4.78 is 15.3. The molecule has 0 bridgehead atoms. The third-order valence-electron chi connectivity index (χ3n) is 4.55. The average Bonchev–Trinajstić information content (AvgIpc) is 3.00. The lowest BCUT2D eigenvalue weighted by Crippen LogP contribution is -2.28. The number of hydrogen-bond acceptors (Lipinski definition) is 2. The van der Waals surface area contributed by atoms with Crippen LogP contribution in [-0.2, 0) is 11.2 Å².